The second-order valence-electron chi connectivity index (χ2n) is 4.59. The number of hydrogen-bond donors (Lipinski definition) is 0. The van der Waals surface area contributed by atoms with Gasteiger partial charge in [-0.05, 0) is 28.0 Å². The number of hydroxylamine groups is 4. The SMILES string of the molecule is O=S(=O)([O-])C1CC2C(c3ccccc31)N1ON2O1.[Na+]. The molecule has 96 valence electrons. The molecular weight excluding hydrogens is 283 g/mol. The largest absolute Gasteiger partial charge is 1.00 e. The second-order valence-corrected chi connectivity index (χ2v) is 6.15. The van der Waals surface area contributed by atoms with Gasteiger partial charge >= 0.3 is 29.6 Å². The van der Waals surface area contributed by atoms with E-state index < -0.39 is 15.4 Å². The van der Waals surface area contributed by atoms with Gasteiger partial charge in [-0.2, -0.15) is 9.88 Å². The van der Waals surface area contributed by atoms with Crippen molar-refractivity contribution in [3.8, 4) is 0 Å². The van der Waals surface area contributed by atoms with Gasteiger partial charge in [-0.15, -0.1) is 0 Å². The molecule has 1 aliphatic carbocycles. The number of hydrogen-bond acceptors (Lipinski definition) is 7. The zero-order chi connectivity index (χ0) is 12.5. The summed E-state index contributed by atoms with van der Waals surface area (Å²) in [6.07, 6.45) is 0.185. The van der Waals surface area contributed by atoms with Gasteiger partial charge in [0.05, 0.1) is 11.3 Å². The Morgan fingerprint density at radius 2 is 1.79 bits per heavy atom. The molecule has 0 radical (unpaired) electrons. The molecular formula is C10H9N2NaO5S. The van der Waals surface area contributed by atoms with Crippen molar-refractivity contribution in [2.75, 3.05) is 0 Å². The fourth-order valence-corrected chi connectivity index (χ4v) is 3.83. The molecule has 1 aromatic carbocycles. The van der Waals surface area contributed by atoms with Gasteiger partial charge in [0.2, 0.25) is 0 Å². The number of nitrogens with zero attached hydrogens (tertiary/aromatic N) is 2. The van der Waals surface area contributed by atoms with Crippen molar-refractivity contribution in [2.24, 2.45) is 0 Å². The van der Waals surface area contributed by atoms with Crippen molar-refractivity contribution < 1.29 is 52.4 Å². The Balaban J connectivity index is 0.00000110. The van der Waals surface area contributed by atoms with Gasteiger partial charge < -0.3 is 4.55 Å². The van der Waals surface area contributed by atoms with E-state index in [-0.39, 0.29) is 48.1 Å². The Morgan fingerprint density at radius 1 is 1.16 bits per heavy atom. The van der Waals surface area contributed by atoms with Crippen LogP contribution in [0.2, 0.25) is 0 Å². The Morgan fingerprint density at radius 3 is 2.42 bits per heavy atom. The monoisotopic (exact) mass is 292 g/mol. The van der Waals surface area contributed by atoms with Crippen molar-refractivity contribution in [3.63, 3.8) is 0 Å². The zero-order valence-corrected chi connectivity index (χ0v) is 12.9. The van der Waals surface area contributed by atoms with Gasteiger partial charge in [-0.3, -0.25) is 0 Å². The van der Waals surface area contributed by atoms with Crippen molar-refractivity contribution in [1.29, 1.82) is 0 Å². The van der Waals surface area contributed by atoms with Crippen LogP contribution < -0.4 is 29.6 Å². The van der Waals surface area contributed by atoms with Crippen LogP contribution in [0.4, 0.5) is 0 Å². The summed E-state index contributed by atoms with van der Waals surface area (Å²) < 4.78 is 34.2. The van der Waals surface area contributed by atoms with Crippen LogP contribution in [0.5, 0.6) is 0 Å². The smallest absolute Gasteiger partial charge is 0.747 e. The molecule has 2 bridgehead atoms. The van der Waals surface area contributed by atoms with E-state index in [9.17, 15) is 13.0 Å². The van der Waals surface area contributed by atoms with E-state index >= 15 is 0 Å². The van der Waals surface area contributed by atoms with E-state index in [2.05, 4.69) is 0 Å². The van der Waals surface area contributed by atoms with Crippen LogP contribution >= 0.6 is 0 Å². The molecule has 3 heterocycles. The molecule has 3 aliphatic heterocycles. The van der Waals surface area contributed by atoms with Crippen LogP contribution in [-0.2, 0) is 20.0 Å². The van der Waals surface area contributed by atoms with Crippen LogP contribution in [0.25, 0.3) is 0 Å². The van der Waals surface area contributed by atoms with E-state index in [0.29, 0.717) is 5.56 Å². The molecule has 0 aromatic heterocycles. The topological polar surface area (TPSA) is 82.1 Å². The van der Waals surface area contributed by atoms with Gasteiger partial charge in [0.25, 0.3) is 0 Å². The van der Waals surface area contributed by atoms with Crippen LogP contribution in [0.15, 0.2) is 24.3 Å². The summed E-state index contributed by atoms with van der Waals surface area (Å²) in [6.45, 7) is 0. The normalized spacial score (nSPS) is 38.7. The Kier molecular flexibility index (Phi) is 3.29. The number of fused-ring (bicyclic) bond motifs is 1. The fraction of sp³-hybridized carbons (Fsp3) is 0.400. The first-order valence-electron chi connectivity index (χ1n) is 5.54. The Labute approximate surface area is 131 Å². The third kappa shape index (κ3) is 1.91. The van der Waals surface area contributed by atoms with Crippen LogP contribution in [0.1, 0.15) is 28.8 Å². The third-order valence-corrected chi connectivity index (χ3v) is 4.79. The van der Waals surface area contributed by atoms with E-state index in [1.54, 1.807) is 18.2 Å². The van der Waals surface area contributed by atoms with Gasteiger partial charge in [0.15, 0.2) is 0 Å². The molecule has 3 fully saturated rings. The predicted octanol–water partition coefficient (Wildman–Crippen LogP) is -2.59. The maximum absolute atomic E-state index is 11.4. The summed E-state index contributed by atoms with van der Waals surface area (Å²) in [5.74, 6) is 0. The van der Waals surface area contributed by atoms with Crippen LogP contribution in [0.3, 0.4) is 0 Å². The van der Waals surface area contributed by atoms with Gasteiger partial charge in [-0.25, -0.2) is 8.42 Å². The molecule has 19 heavy (non-hydrogen) atoms. The van der Waals surface area contributed by atoms with Gasteiger partial charge in [0, 0.05) is 0 Å². The minimum Gasteiger partial charge on any atom is -0.747 e. The molecule has 3 unspecified atom stereocenters. The van der Waals surface area contributed by atoms with E-state index in [1.165, 1.54) is 10.5 Å². The first-order valence-corrected chi connectivity index (χ1v) is 7.01. The predicted molar refractivity (Wildman–Crippen MR) is 55.9 cm³/mol. The average molecular weight is 292 g/mol. The van der Waals surface area contributed by atoms with Gasteiger partial charge in [0.1, 0.15) is 16.2 Å². The maximum Gasteiger partial charge on any atom is 1.00 e. The molecule has 4 aliphatic rings. The van der Waals surface area contributed by atoms with Crippen LogP contribution in [-0.4, -0.2) is 29.5 Å². The minimum atomic E-state index is -4.39. The summed E-state index contributed by atoms with van der Waals surface area (Å²) in [5, 5.41) is 1.54. The first kappa shape index (κ1) is 13.9. The Hall–Kier alpha value is -0.0300. The van der Waals surface area contributed by atoms with Crippen LogP contribution in [0, 0.1) is 0 Å². The zero-order valence-electron chi connectivity index (χ0n) is 10.1. The van der Waals surface area contributed by atoms with E-state index in [4.69, 9.17) is 9.88 Å². The van der Waals surface area contributed by atoms with Gasteiger partial charge in [-0.1, -0.05) is 24.3 Å². The minimum absolute atomic E-state index is 0. The number of rotatable bonds is 1. The molecule has 0 N–H and O–H groups in total. The van der Waals surface area contributed by atoms with Crippen molar-refractivity contribution in [3.05, 3.63) is 35.4 Å². The third-order valence-electron chi connectivity index (χ3n) is 3.65. The fourth-order valence-electron chi connectivity index (χ4n) is 2.87. The molecule has 3 atom stereocenters. The molecule has 3 saturated heterocycles. The standard InChI is InChI=1S/C10H10N2O5S.Na/c13-18(14,15)9-5-8-10(12-16-11(8)17-12)7-4-2-1-3-6(7)9;/h1-4,8-10H,5H2,(H,13,14,15);/q;+1/p-1. The van der Waals surface area contributed by atoms with Crippen molar-refractivity contribution in [2.45, 2.75) is 23.8 Å². The summed E-state index contributed by atoms with van der Waals surface area (Å²) in [4.78, 5) is 10.3. The molecule has 9 heteroatoms. The molecule has 0 spiro atoms. The summed E-state index contributed by atoms with van der Waals surface area (Å²) in [7, 11) is -4.39. The quantitative estimate of drug-likeness (QED) is 0.415. The van der Waals surface area contributed by atoms with Crippen molar-refractivity contribution >= 4 is 10.1 Å². The molecule has 5 rings (SSSR count). The Bertz CT molecular complexity index is 618. The summed E-state index contributed by atoms with van der Waals surface area (Å²) in [5.41, 5.74) is 1.33. The molecule has 7 nitrogen and oxygen atoms in total. The average Bonchev–Trinajstić information content (AvgIpc) is 2.79. The maximum atomic E-state index is 11.4. The van der Waals surface area contributed by atoms with E-state index in [0.717, 1.165) is 5.56 Å². The molecule has 0 saturated carbocycles. The molecule has 0 amide bonds. The summed E-state index contributed by atoms with van der Waals surface area (Å²) in [6, 6.07) is 6.60. The second kappa shape index (κ2) is 4.48. The van der Waals surface area contributed by atoms with E-state index in [1.807, 2.05) is 6.07 Å². The molecule has 1 aromatic rings. The van der Waals surface area contributed by atoms with Crippen molar-refractivity contribution in [1.82, 2.24) is 10.5 Å². The summed E-state index contributed by atoms with van der Waals surface area (Å²) >= 11 is 0. The number of benzene rings is 1. The first-order chi connectivity index (χ1) is 8.55.